The van der Waals surface area contributed by atoms with Crippen molar-refractivity contribution in [3.05, 3.63) is 0 Å². The van der Waals surface area contributed by atoms with Gasteiger partial charge in [0.05, 0.1) is 0 Å². The molecule has 0 aromatic heterocycles. The van der Waals surface area contributed by atoms with Gasteiger partial charge in [0.25, 0.3) is 0 Å². The number of nitrogens with zero attached hydrogens (tertiary/aromatic N) is 1. The summed E-state index contributed by atoms with van der Waals surface area (Å²) in [6.45, 7) is 6.69. The fourth-order valence-corrected chi connectivity index (χ4v) is 3.16. The normalized spacial score (nSPS) is 34.8. The molecule has 1 aliphatic heterocycles. The van der Waals surface area contributed by atoms with Crippen LogP contribution in [0.25, 0.3) is 0 Å². The molecule has 0 unspecified atom stereocenters. The molecule has 1 heterocycles. The van der Waals surface area contributed by atoms with Gasteiger partial charge in [0.1, 0.15) is 0 Å². The summed E-state index contributed by atoms with van der Waals surface area (Å²) in [5.41, 5.74) is 1.54. The van der Waals surface area contributed by atoms with Crippen molar-refractivity contribution in [1.29, 1.82) is 0 Å². The molecule has 0 aromatic rings. The van der Waals surface area contributed by atoms with E-state index in [1.807, 2.05) is 0 Å². The predicted octanol–water partition coefficient (Wildman–Crippen LogP) is 2.66. The van der Waals surface area contributed by atoms with E-state index < -0.39 is 0 Å². The van der Waals surface area contributed by atoms with Crippen LogP contribution in [-0.2, 0) is 0 Å². The largest absolute Gasteiger partial charge is 0.302 e. The Hall–Kier alpha value is -0.0400. The van der Waals surface area contributed by atoms with Crippen molar-refractivity contribution in [3.8, 4) is 0 Å². The van der Waals surface area contributed by atoms with Crippen LogP contribution in [0.5, 0.6) is 0 Å². The van der Waals surface area contributed by atoms with Crippen LogP contribution < -0.4 is 0 Å². The summed E-state index contributed by atoms with van der Waals surface area (Å²) in [4.78, 5) is 2.74. The lowest BCUT2D eigenvalue weighted by molar-refractivity contribution is 0.133. The van der Waals surface area contributed by atoms with E-state index in [2.05, 4.69) is 11.8 Å². The van der Waals surface area contributed by atoms with Crippen LogP contribution in [0.4, 0.5) is 0 Å². The first-order valence-electron chi connectivity index (χ1n) is 5.92. The molecule has 1 spiro atoms. The average Bonchev–Trinajstić information content (AvgIpc) is 2.62. The first-order valence-corrected chi connectivity index (χ1v) is 5.92. The van der Waals surface area contributed by atoms with E-state index in [9.17, 15) is 0 Å². The van der Waals surface area contributed by atoms with Crippen molar-refractivity contribution in [2.45, 2.75) is 45.4 Å². The average molecular weight is 179 g/mol. The van der Waals surface area contributed by atoms with Crippen molar-refractivity contribution in [3.63, 3.8) is 0 Å². The van der Waals surface area contributed by atoms with Gasteiger partial charge in [-0.1, -0.05) is 13.3 Å². The fraction of sp³-hybridized carbons (Fsp3) is 1.00. The van der Waals surface area contributed by atoms with Gasteiger partial charge in [0.15, 0.2) is 0 Å². The zero-order valence-electron chi connectivity index (χ0n) is 8.81. The molecule has 3 aliphatic rings. The van der Waals surface area contributed by atoms with E-state index >= 15 is 0 Å². The lowest BCUT2D eigenvalue weighted by Gasteiger charge is -2.38. The molecule has 0 aromatic carbocycles. The monoisotopic (exact) mass is 179 g/mol. The smallest absolute Gasteiger partial charge is 0.00387 e. The van der Waals surface area contributed by atoms with Crippen molar-refractivity contribution >= 4 is 0 Å². The molecule has 0 atom stereocenters. The fourth-order valence-electron chi connectivity index (χ4n) is 3.16. The Morgan fingerprint density at radius 1 is 1.08 bits per heavy atom. The number of hydrogen-bond donors (Lipinski definition) is 0. The van der Waals surface area contributed by atoms with Gasteiger partial charge in [-0.3, -0.25) is 0 Å². The minimum atomic E-state index is 0.731. The second-order valence-electron chi connectivity index (χ2n) is 6.12. The lowest BCUT2D eigenvalue weighted by Crippen LogP contribution is -2.34. The van der Waals surface area contributed by atoms with Gasteiger partial charge in [0, 0.05) is 13.1 Å². The molecule has 1 heteroatoms. The van der Waals surface area contributed by atoms with Gasteiger partial charge in [0.2, 0.25) is 0 Å². The van der Waals surface area contributed by atoms with E-state index in [1.165, 1.54) is 58.2 Å². The summed E-state index contributed by atoms with van der Waals surface area (Å²) in [6, 6.07) is 0. The molecule has 0 amide bonds. The molecule has 1 nitrogen and oxygen atoms in total. The second-order valence-corrected chi connectivity index (χ2v) is 6.12. The highest BCUT2D eigenvalue weighted by atomic mass is 15.2. The summed E-state index contributed by atoms with van der Waals surface area (Å²) >= 11 is 0. The van der Waals surface area contributed by atoms with Crippen molar-refractivity contribution in [1.82, 2.24) is 4.90 Å². The zero-order valence-corrected chi connectivity index (χ0v) is 8.81. The summed E-state index contributed by atoms with van der Waals surface area (Å²) < 4.78 is 0. The van der Waals surface area contributed by atoms with Crippen LogP contribution in [0, 0.1) is 10.8 Å². The molecule has 74 valence electrons. The highest BCUT2D eigenvalue weighted by molar-refractivity contribution is 4.99. The van der Waals surface area contributed by atoms with Gasteiger partial charge in [-0.2, -0.15) is 0 Å². The first kappa shape index (κ1) is 8.28. The highest BCUT2D eigenvalue weighted by Crippen LogP contribution is 2.51. The Bertz CT molecular complexity index is 213. The molecular formula is C12H21N. The van der Waals surface area contributed by atoms with Crippen LogP contribution in [-0.4, -0.2) is 24.5 Å². The molecule has 2 saturated carbocycles. The van der Waals surface area contributed by atoms with E-state index in [0.29, 0.717) is 0 Å². The lowest BCUT2D eigenvalue weighted by atomic mass is 9.68. The molecule has 1 saturated heterocycles. The predicted molar refractivity (Wildman–Crippen MR) is 54.7 cm³/mol. The van der Waals surface area contributed by atoms with E-state index in [4.69, 9.17) is 0 Å². The summed E-state index contributed by atoms with van der Waals surface area (Å²) in [7, 11) is 0. The van der Waals surface area contributed by atoms with Crippen LogP contribution in [0.1, 0.15) is 45.4 Å². The standard InChI is InChI=1S/C12H21N/c1-11(5-6-11)9-13-8-7-12(10-13)3-2-4-12/h2-10H2,1H3. The molecular weight excluding hydrogens is 158 g/mol. The maximum atomic E-state index is 2.74. The Labute approximate surface area is 81.5 Å². The van der Waals surface area contributed by atoms with Crippen molar-refractivity contribution in [2.24, 2.45) is 10.8 Å². The van der Waals surface area contributed by atoms with Crippen molar-refractivity contribution < 1.29 is 0 Å². The topological polar surface area (TPSA) is 3.24 Å². The summed E-state index contributed by atoms with van der Waals surface area (Å²) in [5.74, 6) is 0. The Morgan fingerprint density at radius 2 is 1.85 bits per heavy atom. The summed E-state index contributed by atoms with van der Waals surface area (Å²) in [5, 5.41) is 0. The first-order chi connectivity index (χ1) is 6.20. The third-order valence-corrected chi connectivity index (χ3v) is 4.64. The van der Waals surface area contributed by atoms with E-state index in [1.54, 1.807) is 0 Å². The minimum absolute atomic E-state index is 0.731. The van der Waals surface area contributed by atoms with Crippen LogP contribution in [0.2, 0.25) is 0 Å². The molecule has 0 bridgehead atoms. The van der Waals surface area contributed by atoms with Crippen LogP contribution in [0.3, 0.4) is 0 Å². The second kappa shape index (κ2) is 2.50. The SMILES string of the molecule is CC1(CN2CCC3(CCC3)C2)CC1. The van der Waals surface area contributed by atoms with Crippen molar-refractivity contribution in [2.75, 3.05) is 19.6 Å². The summed E-state index contributed by atoms with van der Waals surface area (Å²) in [6.07, 6.45) is 9.03. The number of likely N-dealkylation sites (tertiary alicyclic amines) is 1. The van der Waals surface area contributed by atoms with E-state index in [-0.39, 0.29) is 0 Å². The van der Waals surface area contributed by atoms with Gasteiger partial charge < -0.3 is 4.90 Å². The third-order valence-electron chi connectivity index (χ3n) is 4.64. The van der Waals surface area contributed by atoms with Gasteiger partial charge >= 0.3 is 0 Å². The van der Waals surface area contributed by atoms with Gasteiger partial charge in [-0.15, -0.1) is 0 Å². The molecule has 0 N–H and O–H groups in total. The molecule has 2 aliphatic carbocycles. The maximum absolute atomic E-state index is 2.74. The molecule has 13 heavy (non-hydrogen) atoms. The van der Waals surface area contributed by atoms with Crippen LogP contribution in [0.15, 0.2) is 0 Å². The number of rotatable bonds is 2. The van der Waals surface area contributed by atoms with Gasteiger partial charge in [-0.25, -0.2) is 0 Å². The van der Waals surface area contributed by atoms with Gasteiger partial charge in [-0.05, 0) is 49.5 Å². The van der Waals surface area contributed by atoms with E-state index in [0.717, 1.165) is 10.8 Å². The Balaban J connectivity index is 1.57. The zero-order chi connectivity index (χ0) is 8.94. The molecule has 3 fully saturated rings. The minimum Gasteiger partial charge on any atom is -0.302 e. The molecule has 0 radical (unpaired) electrons. The highest BCUT2D eigenvalue weighted by Gasteiger charge is 2.46. The number of hydrogen-bond acceptors (Lipinski definition) is 1. The maximum Gasteiger partial charge on any atom is 0.00387 e. The Morgan fingerprint density at radius 3 is 2.31 bits per heavy atom. The van der Waals surface area contributed by atoms with Crippen LogP contribution >= 0.6 is 0 Å². The third kappa shape index (κ3) is 1.41. The molecule has 3 rings (SSSR count). The quantitative estimate of drug-likeness (QED) is 0.630. The Kier molecular flexibility index (Phi) is 1.59.